The summed E-state index contributed by atoms with van der Waals surface area (Å²) in [6.45, 7) is 3.60. The molecular weight excluding hydrogens is 302 g/mol. The Morgan fingerprint density at radius 3 is 2.30 bits per heavy atom. The Balaban J connectivity index is 2.35. The van der Waals surface area contributed by atoms with Crippen LogP contribution >= 0.6 is 0 Å². The van der Waals surface area contributed by atoms with Gasteiger partial charge >= 0.3 is 0 Å². The highest BCUT2D eigenvalue weighted by atomic mass is 16.4. The van der Waals surface area contributed by atoms with Crippen LogP contribution in [0.4, 0.5) is 0 Å². The fraction of sp³-hybridized carbons (Fsp3) is 0.214. The van der Waals surface area contributed by atoms with Crippen molar-refractivity contribution in [1.29, 1.82) is 0 Å². The van der Waals surface area contributed by atoms with Crippen LogP contribution in [0.5, 0.6) is 0 Å². The van der Waals surface area contributed by atoms with Crippen molar-refractivity contribution in [2.45, 2.75) is 13.8 Å². The standard InChI is InChI=1S/C14H13N5O4/c1-6-12(7(2)18(3)16-6)8-4-10(14(22)23)19-11(15-8)5-9(17-19)13(20)21/h4-5H,1-3H3,(H,20,21)(H,22,23)/p-2. The van der Waals surface area contributed by atoms with Gasteiger partial charge in [-0.3, -0.25) is 4.68 Å². The van der Waals surface area contributed by atoms with E-state index in [1.165, 1.54) is 6.07 Å². The van der Waals surface area contributed by atoms with Crippen LogP contribution in [0.3, 0.4) is 0 Å². The molecule has 9 heteroatoms. The van der Waals surface area contributed by atoms with Crippen LogP contribution in [-0.4, -0.2) is 36.3 Å². The van der Waals surface area contributed by atoms with Crippen molar-refractivity contribution >= 4 is 17.6 Å². The van der Waals surface area contributed by atoms with E-state index in [4.69, 9.17) is 0 Å². The largest absolute Gasteiger partial charge is 0.543 e. The predicted octanol–water partition coefficient (Wildman–Crippen LogP) is -1.53. The Morgan fingerprint density at radius 2 is 1.78 bits per heavy atom. The number of fused-ring (bicyclic) bond motifs is 1. The van der Waals surface area contributed by atoms with E-state index in [2.05, 4.69) is 15.2 Å². The summed E-state index contributed by atoms with van der Waals surface area (Å²) in [6.07, 6.45) is 0. The number of carbonyl (C=O) groups excluding carboxylic acids is 2. The van der Waals surface area contributed by atoms with Crippen molar-refractivity contribution < 1.29 is 19.8 Å². The molecule has 0 atom stereocenters. The monoisotopic (exact) mass is 313 g/mol. The maximum absolute atomic E-state index is 11.4. The molecule has 0 aliphatic heterocycles. The van der Waals surface area contributed by atoms with Gasteiger partial charge in [-0.15, -0.1) is 0 Å². The minimum absolute atomic E-state index is 0.0727. The van der Waals surface area contributed by atoms with Crippen molar-refractivity contribution in [3.05, 3.63) is 34.9 Å². The third-order valence-corrected chi connectivity index (χ3v) is 3.61. The average Bonchev–Trinajstić information content (AvgIpc) is 2.99. The second-order valence-corrected chi connectivity index (χ2v) is 5.07. The molecule has 0 aliphatic rings. The molecule has 0 unspecified atom stereocenters. The van der Waals surface area contributed by atoms with E-state index < -0.39 is 17.6 Å². The summed E-state index contributed by atoms with van der Waals surface area (Å²) in [5.41, 5.74) is 1.85. The van der Waals surface area contributed by atoms with E-state index in [0.29, 0.717) is 17.0 Å². The summed E-state index contributed by atoms with van der Waals surface area (Å²) in [6, 6.07) is 2.43. The van der Waals surface area contributed by atoms with Crippen LogP contribution in [-0.2, 0) is 7.05 Å². The number of carboxylic acids is 2. The smallest absolute Gasteiger partial charge is 0.157 e. The maximum Gasteiger partial charge on any atom is 0.157 e. The van der Waals surface area contributed by atoms with Gasteiger partial charge in [0.15, 0.2) is 5.65 Å². The third-order valence-electron chi connectivity index (χ3n) is 3.61. The first-order valence-electron chi connectivity index (χ1n) is 6.63. The number of hydrogen-bond donors (Lipinski definition) is 0. The highest BCUT2D eigenvalue weighted by molar-refractivity contribution is 5.89. The van der Waals surface area contributed by atoms with Gasteiger partial charge in [0.1, 0.15) is 5.69 Å². The van der Waals surface area contributed by atoms with Crippen LogP contribution in [0.15, 0.2) is 12.1 Å². The molecule has 0 saturated heterocycles. The van der Waals surface area contributed by atoms with E-state index in [-0.39, 0.29) is 11.3 Å². The van der Waals surface area contributed by atoms with Gasteiger partial charge in [-0.2, -0.15) is 10.2 Å². The van der Waals surface area contributed by atoms with Gasteiger partial charge in [0, 0.05) is 24.4 Å². The van der Waals surface area contributed by atoms with E-state index in [9.17, 15) is 19.8 Å². The molecule has 3 heterocycles. The van der Waals surface area contributed by atoms with E-state index in [0.717, 1.165) is 16.3 Å². The Hall–Kier alpha value is -3.23. The van der Waals surface area contributed by atoms with Crippen LogP contribution < -0.4 is 10.2 Å². The Bertz CT molecular complexity index is 969. The van der Waals surface area contributed by atoms with Gasteiger partial charge in [-0.25, -0.2) is 9.50 Å². The average molecular weight is 313 g/mol. The topological polar surface area (TPSA) is 128 Å². The molecule has 0 amide bonds. The Kier molecular flexibility index (Phi) is 3.13. The lowest BCUT2D eigenvalue weighted by molar-refractivity contribution is -0.257. The maximum atomic E-state index is 11.4. The lowest BCUT2D eigenvalue weighted by Gasteiger charge is -2.09. The molecule has 9 nitrogen and oxygen atoms in total. The summed E-state index contributed by atoms with van der Waals surface area (Å²) in [7, 11) is 1.76. The molecule has 0 saturated carbocycles. The molecule has 118 valence electrons. The van der Waals surface area contributed by atoms with Gasteiger partial charge in [0.05, 0.1) is 29.0 Å². The molecule has 0 bridgehead atoms. The molecule has 0 aromatic carbocycles. The molecule has 0 fully saturated rings. The first kappa shape index (κ1) is 14.7. The van der Waals surface area contributed by atoms with Gasteiger partial charge in [-0.1, -0.05) is 0 Å². The first-order valence-corrected chi connectivity index (χ1v) is 6.63. The first-order chi connectivity index (χ1) is 10.8. The highest BCUT2D eigenvalue weighted by Crippen LogP contribution is 2.26. The quantitative estimate of drug-likeness (QED) is 0.574. The minimum Gasteiger partial charge on any atom is -0.543 e. The van der Waals surface area contributed by atoms with Crippen molar-refractivity contribution in [2.24, 2.45) is 7.05 Å². The highest BCUT2D eigenvalue weighted by Gasteiger charge is 2.17. The number of carboxylic acid groups (broad SMARTS) is 2. The SMILES string of the molecule is Cc1nn(C)c(C)c1-c1cc(C(=O)[O-])n2nc(C(=O)[O-])cc2n1. The molecule has 0 spiro atoms. The Labute approximate surface area is 129 Å². The van der Waals surface area contributed by atoms with Crippen LogP contribution in [0.2, 0.25) is 0 Å². The summed E-state index contributed by atoms with van der Waals surface area (Å²) >= 11 is 0. The van der Waals surface area contributed by atoms with Gasteiger partial charge < -0.3 is 19.8 Å². The van der Waals surface area contributed by atoms with Gasteiger partial charge in [0.25, 0.3) is 0 Å². The number of rotatable bonds is 3. The second kappa shape index (κ2) is 4.90. The number of aryl methyl sites for hydroxylation is 2. The molecule has 23 heavy (non-hydrogen) atoms. The summed E-state index contributed by atoms with van der Waals surface area (Å²) in [5, 5.41) is 30.2. The fourth-order valence-corrected chi connectivity index (χ4v) is 2.49. The number of nitrogens with zero attached hydrogens (tertiary/aromatic N) is 5. The number of aromatic carboxylic acids is 2. The minimum atomic E-state index is -1.52. The van der Waals surface area contributed by atoms with Gasteiger partial charge in [-0.05, 0) is 19.9 Å². The van der Waals surface area contributed by atoms with Crippen LogP contribution in [0.1, 0.15) is 32.4 Å². The van der Waals surface area contributed by atoms with E-state index in [1.807, 2.05) is 6.92 Å². The number of aromatic nitrogens is 5. The fourth-order valence-electron chi connectivity index (χ4n) is 2.49. The predicted molar refractivity (Wildman–Crippen MR) is 73.3 cm³/mol. The summed E-state index contributed by atoms with van der Waals surface area (Å²) < 4.78 is 2.56. The molecule has 3 aromatic heterocycles. The van der Waals surface area contributed by atoms with Crippen molar-refractivity contribution in [1.82, 2.24) is 24.4 Å². The molecule has 3 rings (SSSR count). The normalized spacial score (nSPS) is 11.1. The second-order valence-electron chi connectivity index (χ2n) is 5.07. The zero-order valence-corrected chi connectivity index (χ0v) is 12.5. The molecule has 3 aromatic rings. The van der Waals surface area contributed by atoms with Crippen molar-refractivity contribution in [3.63, 3.8) is 0 Å². The molecule has 0 N–H and O–H groups in total. The van der Waals surface area contributed by atoms with Gasteiger partial charge in [0.2, 0.25) is 0 Å². The lowest BCUT2D eigenvalue weighted by Crippen LogP contribution is -2.26. The number of carbonyl (C=O) groups is 2. The third kappa shape index (κ3) is 2.22. The van der Waals surface area contributed by atoms with Crippen LogP contribution in [0, 0.1) is 13.8 Å². The molecular formula is C14H11N5O4-2. The van der Waals surface area contributed by atoms with Crippen molar-refractivity contribution in [2.75, 3.05) is 0 Å². The van der Waals surface area contributed by atoms with E-state index >= 15 is 0 Å². The van der Waals surface area contributed by atoms with E-state index in [1.54, 1.807) is 18.7 Å². The van der Waals surface area contributed by atoms with Crippen LogP contribution in [0.25, 0.3) is 16.9 Å². The zero-order chi connectivity index (χ0) is 16.9. The molecule has 0 radical (unpaired) electrons. The molecule has 0 aliphatic carbocycles. The lowest BCUT2D eigenvalue weighted by atomic mass is 10.1. The zero-order valence-electron chi connectivity index (χ0n) is 12.5. The number of hydrogen-bond acceptors (Lipinski definition) is 7. The Morgan fingerprint density at radius 1 is 1.09 bits per heavy atom. The summed E-state index contributed by atoms with van der Waals surface area (Å²) in [4.78, 5) is 26.6. The summed E-state index contributed by atoms with van der Waals surface area (Å²) in [5.74, 6) is -3.01. The van der Waals surface area contributed by atoms with Crippen molar-refractivity contribution in [3.8, 4) is 11.3 Å².